The summed E-state index contributed by atoms with van der Waals surface area (Å²) in [6, 6.07) is -0.281. The van der Waals surface area contributed by atoms with Gasteiger partial charge in [0.2, 0.25) is 0 Å². The van der Waals surface area contributed by atoms with Gasteiger partial charge in [0.15, 0.2) is 0 Å². The molecule has 0 bridgehead atoms. The monoisotopic (exact) mass is 236 g/mol. The quantitative estimate of drug-likeness (QED) is 0.599. The van der Waals surface area contributed by atoms with Crippen molar-refractivity contribution in [1.29, 1.82) is 0 Å². The van der Waals surface area contributed by atoms with Crippen molar-refractivity contribution < 1.29 is 18.3 Å². The fourth-order valence-corrected chi connectivity index (χ4v) is 2.24. The molecule has 2 N–H and O–H groups in total. The first-order valence-electron chi connectivity index (χ1n) is 4.39. The highest BCUT2D eigenvalue weighted by Crippen LogP contribution is 1.99. The van der Waals surface area contributed by atoms with Crippen LogP contribution in [0.5, 0.6) is 0 Å². The van der Waals surface area contributed by atoms with Gasteiger partial charge in [-0.1, -0.05) is 6.08 Å². The van der Waals surface area contributed by atoms with E-state index in [9.17, 15) is 13.2 Å². The van der Waals surface area contributed by atoms with Gasteiger partial charge < -0.3 is 5.11 Å². The molecule has 0 aromatic heterocycles. The van der Waals surface area contributed by atoms with Crippen LogP contribution in [0.1, 0.15) is 13.8 Å². The average molecular weight is 236 g/mol. The lowest BCUT2D eigenvalue weighted by Gasteiger charge is -2.20. The highest BCUT2D eigenvalue weighted by molar-refractivity contribution is 7.87. The molecule has 0 amide bonds. The normalized spacial score (nSPS) is 12.0. The van der Waals surface area contributed by atoms with E-state index in [2.05, 4.69) is 11.3 Å². The van der Waals surface area contributed by atoms with Crippen molar-refractivity contribution in [3.05, 3.63) is 12.7 Å². The lowest BCUT2D eigenvalue weighted by molar-refractivity contribution is -0.137. The predicted octanol–water partition coefficient (Wildman–Crippen LogP) is -0.198. The van der Waals surface area contributed by atoms with Crippen LogP contribution in [-0.4, -0.2) is 42.9 Å². The summed E-state index contributed by atoms with van der Waals surface area (Å²) in [6.07, 6.45) is 1.34. The number of hydrogen-bond acceptors (Lipinski definition) is 3. The van der Waals surface area contributed by atoms with Crippen LogP contribution in [0.25, 0.3) is 0 Å². The summed E-state index contributed by atoms with van der Waals surface area (Å²) >= 11 is 0. The Bertz CT molecular complexity index is 324. The molecule has 0 saturated heterocycles. The van der Waals surface area contributed by atoms with E-state index >= 15 is 0 Å². The van der Waals surface area contributed by atoms with Gasteiger partial charge in [0.25, 0.3) is 10.2 Å². The Morgan fingerprint density at radius 3 is 2.47 bits per heavy atom. The van der Waals surface area contributed by atoms with Gasteiger partial charge in [-0.3, -0.25) is 4.79 Å². The zero-order valence-corrected chi connectivity index (χ0v) is 9.62. The van der Waals surface area contributed by atoms with Crippen LogP contribution in [0.4, 0.5) is 0 Å². The van der Waals surface area contributed by atoms with E-state index in [1.54, 1.807) is 13.8 Å². The molecule has 0 aliphatic rings. The highest BCUT2D eigenvalue weighted by atomic mass is 32.2. The molecule has 6 nitrogen and oxygen atoms in total. The summed E-state index contributed by atoms with van der Waals surface area (Å²) in [4.78, 5) is 10.4. The number of carbonyl (C=O) groups is 1. The van der Waals surface area contributed by atoms with Gasteiger partial charge in [-0.15, -0.1) is 6.58 Å². The molecule has 0 aliphatic heterocycles. The molecule has 0 radical (unpaired) electrons. The first kappa shape index (κ1) is 14.1. The Kier molecular flexibility index (Phi) is 5.48. The SMILES string of the molecule is C=CCN(CC(=O)O)S(=O)(=O)NC(C)C. The highest BCUT2D eigenvalue weighted by Gasteiger charge is 2.23. The summed E-state index contributed by atoms with van der Waals surface area (Å²) in [5, 5.41) is 8.54. The first-order valence-corrected chi connectivity index (χ1v) is 5.83. The number of carboxylic acids is 1. The van der Waals surface area contributed by atoms with Crippen LogP contribution in [0.3, 0.4) is 0 Å². The standard InChI is InChI=1S/C8H16N2O4S/c1-4-5-10(6-8(11)12)15(13,14)9-7(2)3/h4,7,9H,1,5-6H2,2-3H3,(H,11,12). The lowest BCUT2D eigenvalue weighted by atomic mass is 10.4. The molecule has 0 spiro atoms. The van der Waals surface area contributed by atoms with Gasteiger partial charge >= 0.3 is 5.97 Å². The van der Waals surface area contributed by atoms with E-state index in [1.807, 2.05) is 0 Å². The van der Waals surface area contributed by atoms with E-state index in [0.717, 1.165) is 4.31 Å². The summed E-state index contributed by atoms with van der Waals surface area (Å²) in [5.74, 6) is -1.20. The van der Waals surface area contributed by atoms with Crippen LogP contribution in [-0.2, 0) is 15.0 Å². The van der Waals surface area contributed by atoms with Crippen LogP contribution >= 0.6 is 0 Å². The topological polar surface area (TPSA) is 86.7 Å². The maximum atomic E-state index is 11.6. The van der Waals surface area contributed by atoms with E-state index in [4.69, 9.17) is 5.11 Å². The van der Waals surface area contributed by atoms with Crippen LogP contribution in [0, 0.1) is 0 Å². The molecule has 0 heterocycles. The van der Waals surface area contributed by atoms with Gasteiger partial charge in [0.1, 0.15) is 6.54 Å². The third-order valence-corrected chi connectivity index (χ3v) is 3.10. The zero-order valence-electron chi connectivity index (χ0n) is 8.80. The van der Waals surface area contributed by atoms with Gasteiger partial charge in [-0.05, 0) is 13.8 Å². The Morgan fingerprint density at radius 1 is 1.60 bits per heavy atom. The van der Waals surface area contributed by atoms with Gasteiger partial charge in [0, 0.05) is 12.6 Å². The van der Waals surface area contributed by atoms with Gasteiger partial charge in [-0.25, -0.2) is 0 Å². The summed E-state index contributed by atoms with van der Waals surface area (Å²) in [6.45, 7) is 6.08. The second kappa shape index (κ2) is 5.84. The second-order valence-electron chi connectivity index (χ2n) is 3.25. The average Bonchev–Trinajstić information content (AvgIpc) is 2.00. The first-order chi connectivity index (χ1) is 6.79. The predicted molar refractivity (Wildman–Crippen MR) is 56.6 cm³/mol. The van der Waals surface area contributed by atoms with Crippen molar-refractivity contribution in [1.82, 2.24) is 9.03 Å². The number of hydrogen-bond donors (Lipinski definition) is 2. The second-order valence-corrected chi connectivity index (χ2v) is 4.95. The van der Waals surface area contributed by atoms with Gasteiger partial charge in [-0.2, -0.15) is 17.4 Å². The number of nitrogens with zero attached hydrogens (tertiary/aromatic N) is 1. The van der Waals surface area contributed by atoms with Crippen LogP contribution in [0.2, 0.25) is 0 Å². The molecule has 0 saturated carbocycles. The fourth-order valence-electron chi connectivity index (χ4n) is 0.915. The summed E-state index contributed by atoms with van der Waals surface area (Å²) in [7, 11) is -3.75. The van der Waals surface area contributed by atoms with E-state index in [0.29, 0.717) is 0 Å². The smallest absolute Gasteiger partial charge is 0.318 e. The van der Waals surface area contributed by atoms with Crippen LogP contribution < -0.4 is 4.72 Å². The number of nitrogens with one attached hydrogen (secondary N) is 1. The molecular formula is C8H16N2O4S. The zero-order chi connectivity index (χ0) is 12.1. The molecule has 0 rings (SSSR count). The van der Waals surface area contributed by atoms with Crippen molar-refractivity contribution in [3.8, 4) is 0 Å². The third kappa shape index (κ3) is 5.50. The molecule has 0 unspecified atom stereocenters. The van der Waals surface area contributed by atoms with E-state index in [1.165, 1.54) is 6.08 Å². The number of carboxylic acid groups (broad SMARTS) is 1. The molecule has 88 valence electrons. The maximum Gasteiger partial charge on any atom is 0.318 e. The molecule has 0 aromatic carbocycles. The summed E-state index contributed by atoms with van der Waals surface area (Å²) < 4.78 is 26.2. The largest absolute Gasteiger partial charge is 0.480 e. The van der Waals surface area contributed by atoms with Crippen molar-refractivity contribution in [2.45, 2.75) is 19.9 Å². The number of rotatable bonds is 7. The fraction of sp³-hybridized carbons (Fsp3) is 0.625. The molecule has 0 aromatic rings. The van der Waals surface area contributed by atoms with Crippen molar-refractivity contribution in [2.75, 3.05) is 13.1 Å². The van der Waals surface area contributed by atoms with Crippen molar-refractivity contribution in [2.24, 2.45) is 0 Å². The molecular weight excluding hydrogens is 220 g/mol. The number of aliphatic carboxylic acids is 1. The molecule has 0 fully saturated rings. The molecule has 15 heavy (non-hydrogen) atoms. The van der Waals surface area contributed by atoms with Crippen molar-refractivity contribution in [3.63, 3.8) is 0 Å². The minimum atomic E-state index is -3.75. The van der Waals surface area contributed by atoms with Crippen LogP contribution in [0.15, 0.2) is 12.7 Å². The minimum Gasteiger partial charge on any atom is -0.480 e. The Balaban J connectivity index is 4.73. The van der Waals surface area contributed by atoms with Gasteiger partial charge in [0.05, 0.1) is 0 Å². The van der Waals surface area contributed by atoms with E-state index in [-0.39, 0.29) is 12.6 Å². The lowest BCUT2D eigenvalue weighted by Crippen LogP contribution is -2.45. The maximum absolute atomic E-state index is 11.6. The Hall–Kier alpha value is -0.920. The molecule has 0 aliphatic carbocycles. The minimum absolute atomic E-state index is 0.0334. The Labute approximate surface area is 89.8 Å². The van der Waals surface area contributed by atoms with E-state index < -0.39 is 22.7 Å². The Morgan fingerprint density at radius 2 is 2.13 bits per heavy atom. The van der Waals surface area contributed by atoms with Crippen molar-refractivity contribution >= 4 is 16.2 Å². The third-order valence-electron chi connectivity index (χ3n) is 1.37. The molecule has 7 heteroatoms. The summed E-state index contributed by atoms with van der Waals surface area (Å²) in [5.41, 5.74) is 0. The molecule has 0 atom stereocenters.